The second kappa shape index (κ2) is 4.28. The zero-order chi connectivity index (χ0) is 9.97. The molecule has 2 nitrogen and oxygen atoms in total. The van der Waals surface area contributed by atoms with Gasteiger partial charge >= 0.3 is 0 Å². The van der Waals surface area contributed by atoms with Crippen molar-refractivity contribution in [3.05, 3.63) is 29.8 Å². The fourth-order valence-electron chi connectivity index (χ4n) is 1.96. The summed E-state index contributed by atoms with van der Waals surface area (Å²) in [5, 5.41) is 3.26. The second-order valence-corrected chi connectivity index (χ2v) is 3.96. The molecule has 2 unspecified atom stereocenters. The summed E-state index contributed by atoms with van der Waals surface area (Å²) in [6.45, 7) is 1.75. The molecule has 76 valence electrons. The Morgan fingerprint density at radius 2 is 2.43 bits per heavy atom. The second-order valence-electron chi connectivity index (χ2n) is 3.59. The van der Waals surface area contributed by atoms with Gasteiger partial charge in [0.25, 0.3) is 0 Å². The van der Waals surface area contributed by atoms with Crippen LogP contribution in [-0.4, -0.2) is 23.8 Å². The van der Waals surface area contributed by atoms with E-state index >= 15 is 0 Å². The van der Waals surface area contributed by atoms with E-state index < -0.39 is 0 Å². The number of rotatable bonds is 2. The number of thiol groups is 1. The highest BCUT2D eigenvalue weighted by molar-refractivity contribution is 7.80. The monoisotopic (exact) mass is 212 g/mol. The molecular weight excluding hydrogens is 199 g/mol. The van der Waals surface area contributed by atoms with Crippen LogP contribution >= 0.6 is 12.6 Å². The van der Waals surface area contributed by atoms with Crippen LogP contribution in [0.1, 0.15) is 11.5 Å². The van der Waals surface area contributed by atoms with Crippen molar-refractivity contribution in [2.45, 2.75) is 5.92 Å². The molecule has 1 N–H and O–H groups in total. The lowest BCUT2D eigenvalue weighted by Gasteiger charge is -2.16. The minimum absolute atomic E-state index is 0.223. The molecule has 2 heterocycles. The molecule has 0 bridgehead atoms. The Morgan fingerprint density at radius 1 is 1.57 bits per heavy atom. The van der Waals surface area contributed by atoms with Gasteiger partial charge in [0.1, 0.15) is 0 Å². The summed E-state index contributed by atoms with van der Waals surface area (Å²) in [4.78, 5) is 3.67. The Labute approximate surface area is 88.3 Å². The highest BCUT2D eigenvalue weighted by atomic mass is 32.1. The van der Waals surface area contributed by atoms with Crippen molar-refractivity contribution in [3.8, 4) is 0 Å². The number of aromatic nitrogens is 1. The van der Waals surface area contributed by atoms with Gasteiger partial charge in [-0.25, -0.2) is 4.98 Å². The first kappa shape index (κ1) is 9.93. The average molecular weight is 212 g/mol. The minimum Gasteiger partial charge on any atom is -0.316 e. The smallest absolute Gasteiger partial charge is 0.216 e. The molecule has 2 atom stereocenters. The van der Waals surface area contributed by atoms with Gasteiger partial charge in [-0.2, -0.15) is 17.0 Å². The number of halogens is 1. The van der Waals surface area contributed by atoms with E-state index in [0.29, 0.717) is 5.92 Å². The Hall–Kier alpha value is -0.610. The quantitative estimate of drug-likeness (QED) is 0.573. The van der Waals surface area contributed by atoms with E-state index in [9.17, 15) is 4.39 Å². The highest BCUT2D eigenvalue weighted by Crippen LogP contribution is 2.29. The molecule has 14 heavy (non-hydrogen) atoms. The third-order valence-corrected chi connectivity index (χ3v) is 3.23. The number of nitrogens with zero attached hydrogens (tertiary/aromatic N) is 1. The van der Waals surface area contributed by atoms with Gasteiger partial charge < -0.3 is 5.32 Å². The van der Waals surface area contributed by atoms with Crippen molar-refractivity contribution in [1.29, 1.82) is 0 Å². The number of hydrogen-bond donors (Lipinski definition) is 2. The summed E-state index contributed by atoms with van der Waals surface area (Å²) in [7, 11) is 0. The van der Waals surface area contributed by atoms with Gasteiger partial charge in [-0.15, -0.1) is 0 Å². The van der Waals surface area contributed by atoms with E-state index in [2.05, 4.69) is 22.9 Å². The van der Waals surface area contributed by atoms with Crippen molar-refractivity contribution in [3.63, 3.8) is 0 Å². The summed E-state index contributed by atoms with van der Waals surface area (Å²) in [5.74, 6) is 1.08. The fraction of sp³-hybridized carbons (Fsp3) is 0.500. The van der Waals surface area contributed by atoms with Gasteiger partial charge in [0, 0.05) is 24.2 Å². The molecule has 4 heteroatoms. The maximum absolute atomic E-state index is 13.4. The first-order valence-electron chi connectivity index (χ1n) is 4.75. The average Bonchev–Trinajstić information content (AvgIpc) is 2.66. The molecule has 0 aliphatic carbocycles. The van der Waals surface area contributed by atoms with Crippen molar-refractivity contribution in [2.75, 3.05) is 18.8 Å². The fourth-order valence-corrected chi connectivity index (χ4v) is 2.35. The Bertz CT molecular complexity index is 319. The van der Waals surface area contributed by atoms with Gasteiger partial charge in [-0.3, -0.25) is 0 Å². The molecule has 0 radical (unpaired) electrons. The molecule has 1 aromatic heterocycles. The van der Waals surface area contributed by atoms with Crippen LogP contribution in [0.15, 0.2) is 18.3 Å². The van der Waals surface area contributed by atoms with E-state index in [1.807, 2.05) is 6.07 Å². The van der Waals surface area contributed by atoms with Crippen LogP contribution < -0.4 is 5.32 Å². The molecule has 1 aliphatic rings. The lowest BCUT2D eigenvalue weighted by molar-refractivity contribution is 0.512. The summed E-state index contributed by atoms with van der Waals surface area (Å²) < 4.78 is 13.4. The normalized spacial score (nSPS) is 26.7. The van der Waals surface area contributed by atoms with E-state index in [0.717, 1.165) is 24.4 Å². The maximum Gasteiger partial charge on any atom is 0.216 e. The number of nitrogens with one attached hydrogen (secondary N) is 1. The van der Waals surface area contributed by atoms with E-state index in [-0.39, 0.29) is 11.9 Å². The van der Waals surface area contributed by atoms with Crippen LogP contribution in [0.3, 0.4) is 0 Å². The standard InChI is InChI=1S/C10H13FN2S/c11-10-8(2-1-3-13-10)9-5-12-4-7(9)6-14/h1-3,7,9,12,14H,4-6H2. The summed E-state index contributed by atoms with van der Waals surface area (Å²) in [5.41, 5.74) is 0.719. The molecule has 1 aliphatic heterocycles. The predicted octanol–water partition coefficient (Wildman–Crippen LogP) is 1.45. The molecule has 0 spiro atoms. The zero-order valence-electron chi connectivity index (χ0n) is 7.78. The SMILES string of the molecule is Fc1ncccc1C1CNCC1CS. The predicted molar refractivity (Wildman–Crippen MR) is 57.1 cm³/mol. The summed E-state index contributed by atoms with van der Waals surface area (Å²) in [6, 6.07) is 3.60. The van der Waals surface area contributed by atoms with Crippen molar-refractivity contribution in [1.82, 2.24) is 10.3 Å². The Morgan fingerprint density at radius 3 is 3.14 bits per heavy atom. The van der Waals surface area contributed by atoms with Crippen LogP contribution in [0.2, 0.25) is 0 Å². The van der Waals surface area contributed by atoms with Gasteiger partial charge in [0.15, 0.2) is 0 Å². The maximum atomic E-state index is 13.4. The third kappa shape index (κ3) is 1.77. The van der Waals surface area contributed by atoms with Gasteiger partial charge in [0.05, 0.1) is 0 Å². The number of hydrogen-bond acceptors (Lipinski definition) is 3. The van der Waals surface area contributed by atoms with E-state index in [1.54, 1.807) is 6.07 Å². The van der Waals surface area contributed by atoms with Crippen molar-refractivity contribution in [2.24, 2.45) is 5.92 Å². The number of pyridine rings is 1. The van der Waals surface area contributed by atoms with Crippen LogP contribution in [0.4, 0.5) is 4.39 Å². The molecule has 1 aromatic rings. The summed E-state index contributed by atoms with van der Waals surface area (Å²) in [6.07, 6.45) is 1.48. The molecule has 1 saturated heterocycles. The minimum atomic E-state index is -0.340. The Kier molecular flexibility index (Phi) is 3.03. The van der Waals surface area contributed by atoms with Crippen molar-refractivity contribution < 1.29 is 4.39 Å². The van der Waals surface area contributed by atoms with Crippen LogP contribution in [-0.2, 0) is 0 Å². The van der Waals surface area contributed by atoms with Crippen LogP contribution in [0.5, 0.6) is 0 Å². The molecule has 0 aromatic carbocycles. The topological polar surface area (TPSA) is 24.9 Å². The van der Waals surface area contributed by atoms with Gasteiger partial charge in [0.2, 0.25) is 5.95 Å². The van der Waals surface area contributed by atoms with Crippen LogP contribution in [0.25, 0.3) is 0 Å². The first-order chi connectivity index (χ1) is 6.83. The molecule has 0 amide bonds. The van der Waals surface area contributed by atoms with Crippen LogP contribution in [0, 0.1) is 11.9 Å². The van der Waals surface area contributed by atoms with Gasteiger partial charge in [-0.05, 0) is 24.3 Å². The third-order valence-electron chi connectivity index (χ3n) is 2.76. The molecule has 2 rings (SSSR count). The molecular formula is C10H13FN2S. The zero-order valence-corrected chi connectivity index (χ0v) is 8.67. The molecule has 0 saturated carbocycles. The lowest BCUT2D eigenvalue weighted by atomic mass is 9.91. The lowest BCUT2D eigenvalue weighted by Crippen LogP contribution is -2.14. The van der Waals surface area contributed by atoms with E-state index in [4.69, 9.17) is 0 Å². The Balaban J connectivity index is 2.26. The first-order valence-corrected chi connectivity index (χ1v) is 5.38. The highest BCUT2D eigenvalue weighted by Gasteiger charge is 2.29. The van der Waals surface area contributed by atoms with E-state index in [1.165, 1.54) is 6.20 Å². The van der Waals surface area contributed by atoms with Crippen molar-refractivity contribution >= 4 is 12.6 Å². The molecule has 1 fully saturated rings. The largest absolute Gasteiger partial charge is 0.316 e. The van der Waals surface area contributed by atoms with Gasteiger partial charge in [-0.1, -0.05) is 6.07 Å². The summed E-state index contributed by atoms with van der Waals surface area (Å²) >= 11 is 4.28.